The molecule has 2 N–H and O–H groups in total. The highest BCUT2D eigenvalue weighted by Gasteiger charge is 2.11. The van der Waals surface area contributed by atoms with Gasteiger partial charge in [0.1, 0.15) is 0 Å². The number of hydrogen-bond donors (Lipinski definition) is 2. The third-order valence-corrected chi connectivity index (χ3v) is 3.33. The Bertz CT molecular complexity index is 653. The molecule has 2 aromatic rings. The Morgan fingerprint density at radius 1 is 0.955 bits per heavy atom. The second-order valence-corrected chi connectivity index (χ2v) is 5.33. The SMILES string of the molecule is CC(=O)Nc1cccc(NC(=O)C[C@@H](C)c2ccccc2)c1. The maximum atomic E-state index is 12.1. The van der Waals surface area contributed by atoms with Gasteiger partial charge in [-0.1, -0.05) is 43.3 Å². The molecule has 2 aromatic carbocycles. The Morgan fingerprint density at radius 3 is 2.23 bits per heavy atom. The summed E-state index contributed by atoms with van der Waals surface area (Å²) in [6, 6.07) is 17.1. The van der Waals surface area contributed by atoms with Crippen molar-refractivity contribution in [2.75, 3.05) is 10.6 Å². The average molecular weight is 296 g/mol. The van der Waals surface area contributed by atoms with Gasteiger partial charge in [0.05, 0.1) is 0 Å². The van der Waals surface area contributed by atoms with Gasteiger partial charge in [-0.25, -0.2) is 0 Å². The van der Waals surface area contributed by atoms with Crippen molar-refractivity contribution in [3.63, 3.8) is 0 Å². The van der Waals surface area contributed by atoms with Crippen LogP contribution in [0.2, 0.25) is 0 Å². The summed E-state index contributed by atoms with van der Waals surface area (Å²) in [6.45, 7) is 3.48. The van der Waals surface area contributed by atoms with Gasteiger partial charge < -0.3 is 10.6 Å². The molecule has 0 aliphatic rings. The molecule has 0 aromatic heterocycles. The first-order chi connectivity index (χ1) is 10.5. The number of hydrogen-bond acceptors (Lipinski definition) is 2. The van der Waals surface area contributed by atoms with E-state index in [4.69, 9.17) is 0 Å². The Balaban J connectivity index is 1.96. The minimum atomic E-state index is -0.138. The molecule has 0 aliphatic carbocycles. The molecular formula is C18H20N2O2. The topological polar surface area (TPSA) is 58.2 Å². The largest absolute Gasteiger partial charge is 0.326 e. The van der Waals surface area contributed by atoms with Crippen molar-refractivity contribution < 1.29 is 9.59 Å². The number of nitrogens with one attached hydrogen (secondary N) is 2. The molecule has 22 heavy (non-hydrogen) atoms. The van der Waals surface area contributed by atoms with E-state index in [1.807, 2.05) is 37.3 Å². The fraction of sp³-hybridized carbons (Fsp3) is 0.222. The maximum absolute atomic E-state index is 12.1. The lowest BCUT2D eigenvalue weighted by molar-refractivity contribution is -0.116. The highest BCUT2D eigenvalue weighted by Crippen LogP contribution is 2.20. The highest BCUT2D eigenvalue weighted by molar-refractivity contribution is 5.93. The van der Waals surface area contributed by atoms with Gasteiger partial charge in [0.25, 0.3) is 0 Å². The zero-order valence-electron chi connectivity index (χ0n) is 12.8. The predicted molar refractivity (Wildman–Crippen MR) is 88.8 cm³/mol. The molecule has 2 rings (SSSR count). The van der Waals surface area contributed by atoms with Crippen molar-refractivity contribution in [3.8, 4) is 0 Å². The summed E-state index contributed by atoms with van der Waals surface area (Å²) < 4.78 is 0. The molecule has 0 heterocycles. The fourth-order valence-electron chi connectivity index (χ4n) is 2.27. The Morgan fingerprint density at radius 2 is 1.59 bits per heavy atom. The molecule has 0 bridgehead atoms. The number of amides is 2. The van der Waals surface area contributed by atoms with Gasteiger partial charge in [0.15, 0.2) is 0 Å². The molecule has 0 aliphatic heterocycles. The van der Waals surface area contributed by atoms with E-state index in [2.05, 4.69) is 10.6 Å². The fourth-order valence-corrected chi connectivity index (χ4v) is 2.27. The first-order valence-corrected chi connectivity index (χ1v) is 7.27. The molecule has 0 saturated heterocycles. The number of carbonyl (C=O) groups excluding carboxylic acids is 2. The quantitative estimate of drug-likeness (QED) is 0.882. The number of benzene rings is 2. The van der Waals surface area contributed by atoms with E-state index < -0.39 is 0 Å². The van der Waals surface area contributed by atoms with Crippen LogP contribution in [0.15, 0.2) is 54.6 Å². The summed E-state index contributed by atoms with van der Waals surface area (Å²) >= 11 is 0. The minimum Gasteiger partial charge on any atom is -0.326 e. The van der Waals surface area contributed by atoms with Gasteiger partial charge in [-0.3, -0.25) is 9.59 Å². The Hall–Kier alpha value is -2.62. The minimum absolute atomic E-state index is 0.0451. The van der Waals surface area contributed by atoms with Crippen molar-refractivity contribution in [2.24, 2.45) is 0 Å². The lowest BCUT2D eigenvalue weighted by atomic mass is 9.97. The van der Waals surface area contributed by atoms with Gasteiger partial charge in [-0.2, -0.15) is 0 Å². The van der Waals surface area contributed by atoms with Crippen LogP contribution in [0.4, 0.5) is 11.4 Å². The molecule has 2 amide bonds. The second kappa shape index (κ2) is 7.41. The summed E-state index contributed by atoms with van der Waals surface area (Å²) in [6.07, 6.45) is 0.411. The van der Waals surface area contributed by atoms with Gasteiger partial charge in [0, 0.05) is 24.7 Å². The van der Waals surface area contributed by atoms with Gasteiger partial charge >= 0.3 is 0 Å². The van der Waals surface area contributed by atoms with Crippen LogP contribution in [0.5, 0.6) is 0 Å². The van der Waals surface area contributed by atoms with Crippen molar-refractivity contribution in [3.05, 3.63) is 60.2 Å². The molecule has 0 saturated carbocycles. The van der Waals surface area contributed by atoms with E-state index in [9.17, 15) is 9.59 Å². The van der Waals surface area contributed by atoms with Crippen molar-refractivity contribution in [1.82, 2.24) is 0 Å². The van der Waals surface area contributed by atoms with E-state index >= 15 is 0 Å². The van der Waals surface area contributed by atoms with Crippen LogP contribution in [0.1, 0.15) is 31.7 Å². The van der Waals surface area contributed by atoms with E-state index in [0.717, 1.165) is 5.56 Å². The van der Waals surface area contributed by atoms with Gasteiger partial charge in [-0.15, -0.1) is 0 Å². The summed E-state index contributed by atoms with van der Waals surface area (Å²) in [5, 5.41) is 5.56. The number of rotatable bonds is 5. The first kappa shape index (κ1) is 15.8. The Labute approximate surface area is 130 Å². The van der Waals surface area contributed by atoms with Crippen LogP contribution in [-0.2, 0) is 9.59 Å². The molecule has 1 atom stereocenters. The van der Waals surface area contributed by atoms with Gasteiger partial charge in [0.2, 0.25) is 11.8 Å². The lowest BCUT2D eigenvalue weighted by Crippen LogP contribution is -2.14. The predicted octanol–water partition coefficient (Wildman–Crippen LogP) is 3.78. The molecule has 0 fully saturated rings. The monoisotopic (exact) mass is 296 g/mol. The highest BCUT2D eigenvalue weighted by atomic mass is 16.2. The molecule has 0 spiro atoms. The third-order valence-electron chi connectivity index (χ3n) is 3.33. The summed E-state index contributed by atoms with van der Waals surface area (Å²) in [5.74, 6) is -0.0303. The van der Waals surface area contributed by atoms with Crippen molar-refractivity contribution in [2.45, 2.75) is 26.2 Å². The molecule has 0 unspecified atom stereocenters. The standard InChI is InChI=1S/C18H20N2O2/c1-13(15-7-4-3-5-8-15)11-18(22)20-17-10-6-9-16(12-17)19-14(2)21/h3-10,12-13H,11H2,1-2H3,(H,19,21)(H,20,22)/t13-/m1/s1. The van der Waals surface area contributed by atoms with Crippen LogP contribution in [0.3, 0.4) is 0 Å². The number of carbonyl (C=O) groups is 2. The van der Waals surface area contributed by atoms with Crippen LogP contribution in [0, 0.1) is 0 Å². The maximum Gasteiger partial charge on any atom is 0.224 e. The van der Waals surface area contributed by atoms with Gasteiger partial charge in [-0.05, 0) is 29.7 Å². The summed E-state index contributed by atoms with van der Waals surface area (Å²) in [4.78, 5) is 23.2. The smallest absolute Gasteiger partial charge is 0.224 e. The van der Waals surface area contributed by atoms with E-state index in [-0.39, 0.29) is 17.7 Å². The average Bonchev–Trinajstić information content (AvgIpc) is 2.47. The normalized spacial score (nSPS) is 11.5. The van der Waals surface area contributed by atoms with E-state index in [1.54, 1.807) is 24.3 Å². The van der Waals surface area contributed by atoms with Crippen LogP contribution < -0.4 is 10.6 Å². The summed E-state index contributed by atoms with van der Waals surface area (Å²) in [7, 11) is 0. The molecule has 4 nitrogen and oxygen atoms in total. The van der Waals surface area contributed by atoms with Crippen molar-refractivity contribution >= 4 is 23.2 Å². The van der Waals surface area contributed by atoms with Crippen molar-refractivity contribution in [1.29, 1.82) is 0 Å². The summed E-state index contributed by atoms with van der Waals surface area (Å²) in [5.41, 5.74) is 2.49. The van der Waals surface area contributed by atoms with Crippen LogP contribution in [-0.4, -0.2) is 11.8 Å². The lowest BCUT2D eigenvalue weighted by Gasteiger charge is -2.12. The first-order valence-electron chi connectivity index (χ1n) is 7.27. The Kier molecular flexibility index (Phi) is 5.31. The van der Waals surface area contributed by atoms with Crippen LogP contribution >= 0.6 is 0 Å². The third kappa shape index (κ3) is 4.74. The second-order valence-electron chi connectivity index (χ2n) is 5.33. The molecular weight excluding hydrogens is 276 g/mol. The van der Waals surface area contributed by atoms with Crippen LogP contribution in [0.25, 0.3) is 0 Å². The molecule has 0 radical (unpaired) electrons. The zero-order chi connectivity index (χ0) is 15.9. The van der Waals surface area contributed by atoms with E-state index in [1.165, 1.54) is 6.92 Å². The number of anilines is 2. The van der Waals surface area contributed by atoms with E-state index in [0.29, 0.717) is 17.8 Å². The molecule has 4 heteroatoms. The molecule has 114 valence electrons. The zero-order valence-corrected chi connectivity index (χ0v) is 12.8.